The number of carboxylic acids is 1. The van der Waals surface area contributed by atoms with Crippen LogP contribution in [0.25, 0.3) is 0 Å². The predicted molar refractivity (Wildman–Crippen MR) is 74.0 cm³/mol. The third-order valence-electron chi connectivity index (χ3n) is 1.63. The minimum absolute atomic E-state index is 0.228. The highest BCUT2D eigenvalue weighted by molar-refractivity contribution is 6.65. The van der Waals surface area contributed by atoms with E-state index in [0.29, 0.717) is 6.42 Å². The zero-order valence-electron chi connectivity index (χ0n) is 12.5. The Morgan fingerprint density at radius 1 is 1.00 bits per heavy atom. The minimum Gasteiger partial charge on any atom is -0.478 e. The molecule has 0 heterocycles. The van der Waals surface area contributed by atoms with E-state index in [1.807, 2.05) is 0 Å². The zero-order chi connectivity index (χ0) is 17.1. The van der Waals surface area contributed by atoms with Gasteiger partial charge in [-0.2, -0.15) is 0 Å². The Labute approximate surface area is 124 Å². The minimum atomic E-state index is -3.53. The van der Waals surface area contributed by atoms with Crippen LogP contribution in [0.4, 0.5) is 0 Å². The molecule has 0 unspecified atom stereocenters. The number of rotatable bonds is 6. The van der Waals surface area contributed by atoms with Gasteiger partial charge in [-0.05, 0) is 6.42 Å². The van der Waals surface area contributed by atoms with Gasteiger partial charge in [0.15, 0.2) is 0 Å². The molecule has 8 nitrogen and oxygen atoms in total. The highest BCUT2D eigenvalue weighted by Gasteiger charge is 2.50. The lowest BCUT2D eigenvalue weighted by atomic mass is 10.6. The molecule has 0 aliphatic heterocycles. The van der Waals surface area contributed by atoms with Crippen LogP contribution in [0, 0.1) is 0 Å². The van der Waals surface area contributed by atoms with Crippen LogP contribution in [0.5, 0.6) is 0 Å². The summed E-state index contributed by atoms with van der Waals surface area (Å²) in [6.45, 7) is 8.28. The summed E-state index contributed by atoms with van der Waals surface area (Å²) in [5.41, 5.74) is 0. The van der Waals surface area contributed by atoms with Gasteiger partial charge >= 0.3 is 14.8 Å². The first kappa shape index (κ1) is 21.1. The van der Waals surface area contributed by atoms with Crippen molar-refractivity contribution in [1.82, 2.24) is 0 Å². The van der Waals surface area contributed by atoms with Crippen molar-refractivity contribution >= 4 is 32.7 Å². The Bertz CT molecular complexity index is 363. The summed E-state index contributed by atoms with van der Waals surface area (Å²) in [5, 5.41) is 7.60. The number of hydrogen-bond donors (Lipinski definition) is 1. The average Bonchev–Trinajstić information content (AvgIpc) is 2.26. The molecule has 120 valence electrons. The second-order valence-electron chi connectivity index (χ2n) is 3.76. The van der Waals surface area contributed by atoms with E-state index in [-0.39, 0.29) is 6.04 Å². The molecular formula is C12H20O8Si. The van der Waals surface area contributed by atoms with Crippen molar-refractivity contribution in [3.05, 3.63) is 12.7 Å². The van der Waals surface area contributed by atoms with E-state index in [9.17, 15) is 19.2 Å². The molecule has 0 aromatic rings. The maximum Gasteiger partial charge on any atom is 0.705 e. The first-order chi connectivity index (χ1) is 9.58. The van der Waals surface area contributed by atoms with Gasteiger partial charge < -0.3 is 18.4 Å². The second-order valence-corrected chi connectivity index (χ2v) is 6.23. The Balaban J connectivity index is 0. The van der Waals surface area contributed by atoms with Gasteiger partial charge in [-0.25, -0.2) is 4.79 Å². The summed E-state index contributed by atoms with van der Waals surface area (Å²) in [4.78, 5) is 42.0. The third kappa shape index (κ3) is 12.6. The molecule has 0 amide bonds. The Hall–Kier alpha value is -2.16. The molecule has 0 aromatic carbocycles. The number of carbonyl (C=O) groups excluding carboxylic acids is 3. The molecule has 0 rings (SSSR count). The number of carboxylic acid groups (broad SMARTS) is 1. The maximum atomic E-state index is 10.9. The van der Waals surface area contributed by atoms with Crippen molar-refractivity contribution < 1.29 is 37.6 Å². The molecule has 0 atom stereocenters. The summed E-state index contributed by atoms with van der Waals surface area (Å²) in [6.07, 6.45) is 1.40. The van der Waals surface area contributed by atoms with E-state index >= 15 is 0 Å². The smallest absolute Gasteiger partial charge is 0.478 e. The molecule has 9 heteroatoms. The second kappa shape index (κ2) is 10.6. The number of aliphatic carboxylic acids is 1. The summed E-state index contributed by atoms with van der Waals surface area (Å²) in [5.74, 6) is -2.89. The molecule has 0 radical (unpaired) electrons. The van der Waals surface area contributed by atoms with Gasteiger partial charge in [0.1, 0.15) is 0 Å². The maximum absolute atomic E-state index is 10.9. The molecule has 0 aliphatic carbocycles. The van der Waals surface area contributed by atoms with Crippen molar-refractivity contribution in [2.75, 3.05) is 0 Å². The van der Waals surface area contributed by atoms with Gasteiger partial charge in [-0.3, -0.25) is 14.4 Å². The number of hydrogen-bond acceptors (Lipinski definition) is 7. The summed E-state index contributed by atoms with van der Waals surface area (Å²) < 4.78 is 14.7. The largest absolute Gasteiger partial charge is 0.705 e. The van der Waals surface area contributed by atoms with Crippen LogP contribution in [-0.4, -0.2) is 37.8 Å². The highest BCUT2D eigenvalue weighted by atomic mass is 28.4. The van der Waals surface area contributed by atoms with Crippen molar-refractivity contribution in [3.63, 3.8) is 0 Å². The van der Waals surface area contributed by atoms with E-state index in [1.165, 1.54) is 20.8 Å². The molecule has 1 N–H and O–H groups in total. The Kier molecular flexibility index (Phi) is 10.7. The molecular weight excluding hydrogens is 300 g/mol. The molecule has 0 saturated heterocycles. The summed E-state index contributed by atoms with van der Waals surface area (Å²) >= 11 is 0. The van der Waals surface area contributed by atoms with Gasteiger partial charge in [0.05, 0.1) is 6.04 Å². The standard InChI is InChI=1S/C9H16O6Si.C3H4O2/c1-5-6-16(13-7(2)10,14-8(3)11)15-9(4)12;1-2-3(4)5/h5-6H2,1-4H3;2H,1H2,(H,4,5). The fraction of sp³-hybridized carbons (Fsp3) is 0.500. The molecule has 0 bridgehead atoms. The third-order valence-corrected chi connectivity index (χ3v) is 4.54. The monoisotopic (exact) mass is 320 g/mol. The number of carbonyl (C=O) groups is 4. The van der Waals surface area contributed by atoms with Gasteiger partial charge in [0.25, 0.3) is 17.9 Å². The first-order valence-electron chi connectivity index (χ1n) is 6.02. The molecule has 0 aliphatic rings. The summed E-state index contributed by atoms with van der Waals surface area (Å²) in [6, 6.07) is 0.228. The molecule has 0 fully saturated rings. The topological polar surface area (TPSA) is 116 Å². The normalized spacial score (nSPS) is 9.52. The van der Waals surface area contributed by atoms with Crippen molar-refractivity contribution in [1.29, 1.82) is 0 Å². The fourth-order valence-corrected chi connectivity index (χ4v) is 3.54. The average molecular weight is 320 g/mol. The van der Waals surface area contributed by atoms with Gasteiger partial charge in [0.2, 0.25) is 0 Å². The molecule has 0 spiro atoms. The fourth-order valence-electron chi connectivity index (χ4n) is 1.18. The Morgan fingerprint density at radius 3 is 1.43 bits per heavy atom. The first-order valence-corrected chi connectivity index (χ1v) is 7.95. The van der Waals surface area contributed by atoms with Crippen LogP contribution in [0.15, 0.2) is 12.7 Å². The quantitative estimate of drug-likeness (QED) is 0.574. The van der Waals surface area contributed by atoms with Gasteiger partial charge in [-0.1, -0.05) is 13.5 Å². The van der Waals surface area contributed by atoms with E-state index in [1.54, 1.807) is 6.92 Å². The highest BCUT2D eigenvalue weighted by Crippen LogP contribution is 2.18. The van der Waals surface area contributed by atoms with E-state index in [2.05, 4.69) is 6.58 Å². The lowest BCUT2D eigenvalue weighted by molar-refractivity contribution is -0.148. The van der Waals surface area contributed by atoms with Crippen LogP contribution in [0.3, 0.4) is 0 Å². The van der Waals surface area contributed by atoms with Crippen LogP contribution >= 0.6 is 0 Å². The lowest BCUT2D eigenvalue weighted by Crippen LogP contribution is -2.49. The van der Waals surface area contributed by atoms with Gasteiger partial charge in [-0.15, -0.1) is 0 Å². The van der Waals surface area contributed by atoms with Crippen LogP contribution in [0.2, 0.25) is 6.04 Å². The van der Waals surface area contributed by atoms with E-state index in [0.717, 1.165) is 6.08 Å². The molecule has 0 saturated carbocycles. The van der Waals surface area contributed by atoms with Crippen molar-refractivity contribution in [3.8, 4) is 0 Å². The van der Waals surface area contributed by atoms with E-state index in [4.69, 9.17) is 18.4 Å². The van der Waals surface area contributed by atoms with Crippen LogP contribution < -0.4 is 0 Å². The molecule has 0 aromatic heterocycles. The predicted octanol–water partition coefficient (Wildman–Crippen LogP) is 1.28. The van der Waals surface area contributed by atoms with Crippen molar-refractivity contribution in [2.45, 2.75) is 40.2 Å². The SMILES string of the molecule is C=CC(=O)O.CCC[Si](OC(C)=O)(OC(C)=O)OC(C)=O. The Morgan fingerprint density at radius 2 is 1.29 bits per heavy atom. The van der Waals surface area contributed by atoms with E-state index < -0.39 is 32.7 Å². The summed E-state index contributed by atoms with van der Waals surface area (Å²) in [7, 11) is -3.53. The van der Waals surface area contributed by atoms with Crippen LogP contribution in [0.1, 0.15) is 34.1 Å². The molecule has 21 heavy (non-hydrogen) atoms. The lowest BCUT2D eigenvalue weighted by Gasteiger charge is -2.25. The van der Waals surface area contributed by atoms with Crippen molar-refractivity contribution in [2.24, 2.45) is 0 Å². The zero-order valence-corrected chi connectivity index (χ0v) is 13.5. The van der Waals surface area contributed by atoms with Gasteiger partial charge in [0, 0.05) is 26.8 Å². The van der Waals surface area contributed by atoms with Crippen LogP contribution in [-0.2, 0) is 32.5 Å².